The number of rotatable bonds is 4. The second-order valence-electron chi connectivity index (χ2n) is 4.32. The minimum absolute atomic E-state index is 0. The predicted molar refractivity (Wildman–Crippen MR) is 104 cm³/mol. The first kappa shape index (κ1) is 18.2. The second kappa shape index (κ2) is 7.63. The Morgan fingerprint density at radius 2 is 2.17 bits per heavy atom. The van der Waals surface area contributed by atoms with E-state index in [0.717, 1.165) is 30.9 Å². The van der Waals surface area contributed by atoms with Gasteiger partial charge in [-0.3, -0.25) is 10.4 Å². The molecule has 0 spiro atoms. The Labute approximate surface area is 157 Å². The van der Waals surface area contributed by atoms with E-state index in [9.17, 15) is 0 Å². The summed E-state index contributed by atoms with van der Waals surface area (Å²) >= 11 is 10.9. The van der Waals surface area contributed by atoms with Crippen LogP contribution in [0.4, 0.5) is 0 Å². The van der Waals surface area contributed by atoms with E-state index in [1.54, 1.807) is 41.6 Å². The molecule has 0 aliphatic rings. The van der Waals surface area contributed by atoms with Crippen molar-refractivity contribution < 1.29 is 0 Å². The molecule has 0 atom stereocenters. The lowest BCUT2D eigenvalue weighted by Crippen LogP contribution is -2.08. The van der Waals surface area contributed by atoms with Crippen LogP contribution in [0.2, 0.25) is 5.02 Å². The van der Waals surface area contributed by atoms with E-state index >= 15 is 0 Å². The van der Waals surface area contributed by atoms with Crippen LogP contribution in [-0.4, -0.2) is 22.1 Å². The standard InChI is InChI=1S/C14H11ClN4S3.ClH/c1-20-14-7(4-11(22-14)12(16)17)13-19-10(6-21-13)8-5-18-3-2-9(8)15;/h2-6H,1H3,(H3,16,17);1H. The summed E-state index contributed by atoms with van der Waals surface area (Å²) < 4.78 is 1.10. The average Bonchev–Trinajstić information content (AvgIpc) is 3.14. The van der Waals surface area contributed by atoms with Gasteiger partial charge in [-0.15, -0.1) is 46.8 Å². The van der Waals surface area contributed by atoms with Crippen molar-refractivity contribution in [3.8, 4) is 21.8 Å². The molecule has 3 heterocycles. The van der Waals surface area contributed by atoms with Gasteiger partial charge in [-0.2, -0.15) is 0 Å². The van der Waals surface area contributed by atoms with Gasteiger partial charge in [0, 0.05) is 28.9 Å². The maximum Gasteiger partial charge on any atom is 0.133 e. The van der Waals surface area contributed by atoms with E-state index in [0.29, 0.717) is 5.02 Å². The van der Waals surface area contributed by atoms with Crippen LogP contribution in [0.25, 0.3) is 21.8 Å². The van der Waals surface area contributed by atoms with Crippen molar-refractivity contribution in [2.24, 2.45) is 5.73 Å². The fourth-order valence-electron chi connectivity index (χ4n) is 1.89. The first-order valence-electron chi connectivity index (χ1n) is 6.18. The van der Waals surface area contributed by atoms with Crippen LogP contribution in [-0.2, 0) is 0 Å². The smallest absolute Gasteiger partial charge is 0.133 e. The van der Waals surface area contributed by atoms with E-state index in [2.05, 4.69) is 9.97 Å². The van der Waals surface area contributed by atoms with Gasteiger partial charge in [0.15, 0.2) is 0 Å². The van der Waals surface area contributed by atoms with Gasteiger partial charge < -0.3 is 5.73 Å². The molecule has 3 aromatic rings. The van der Waals surface area contributed by atoms with Crippen molar-refractivity contribution in [3.05, 3.63) is 39.8 Å². The monoisotopic (exact) mass is 402 g/mol. The van der Waals surface area contributed by atoms with E-state index in [1.807, 2.05) is 17.7 Å². The number of thiophene rings is 1. The number of aromatic nitrogens is 2. The Hall–Kier alpha value is -1.12. The van der Waals surface area contributed by atoms with Crippen molar-refractivity contribution in [2.45, 2.75) is 4.21 Å². The van der Waals surface area contributed by atoms with Crippen LogP contribution in [0.3, 0.4) is 0 Å². The van der Waals surface area contributed by atoms with E-state index in [4.69, 9.17) is 22.7 Å². The number of pyridine rings is 1. The van der Waals surface area contributed by atoms with Crippen molar-refractivity contribution in [1.29, 1.82) is 5.41 Å². The molecule has 0 radical (unpaired) electrons. The molecule has 0 bridgehead atoms. The van der Waals surface area contributed by atoms with Crippen molar-refractivity contribution in [1.82, 2.24) is 9.97 Å². The highest BCUT2D eigenvalue weighted by molar-refractivity contribution is 8.00. The van der Waals surface area contributed by atoms with Gasteiger partial charge in [0.25, 0.3) is 0 Å². The summed E-state index contributed by atoms with van der Waals surface area (Å²) in [6.45, 7) is 0. The van der Waals surface area contributed by atoms with Gasteiger partial charge in [0.05, 0.1) is 19.8 Å². The van der Waals surface area contributed by atoms with Gasteiger partial charge in [0.2, 0.25) is 0 Å². The van der Waals surface area contributed by atoms with Crippen LogP contribution < -0.4 is 5.73 Å². The summed E-state index contributed by atoms with van der Waals surface area (Å²) in [6.07, 6.45) is 5.37. The third-order valence-electron chi connectivity index (χ3n) is 2.93. The zero-order chi connectivity index (χ0) is 15.7. The lowest BCUT2D eigenvalue weighted by molar-refractivity contribution is 1.30. The highest BCUT2D eigenvalue weighted by atomic mass is 35.5. The highest BCUT2D eigenvalue weighted by Gasteiger charge is 2.16. The molecule has 0 saturated carbocycles. The molecule has 3 aromatic heterocycles. The molecule has 0 saturated heterocycles. The fraction of sp³-hybridized carbons (Fsp3) is 0.0714. The second-order valence-corrected chi connectivity index (χ2v) is 7.72. The highest BCUT2D eigenvalue weighted by Crippen LogP contribution is 2.40. The zero-order valence-corrected chi connectivity index (χ0v) is 15.9. The Bertz CT molecular complexity index is 844. The Morgan fingerprint density at radius 3 is 2.83 bits per heavy atom. The number of nitrogens with zero attached hydrogens (tertiary/aromatic N) is 2. The van der Waals surface area contributed by atoms with Gasteiger partial charge in [-0.25, -0.2) is 4.98 Å². The summed E-state index contributed by atoms with van der Waals surface area (Å²) in [7, 11) is 0. The molecule has 120 valence electrons. The molecule has 4 nitrogen and oxygen atoms in total. The normalized spacial score (nSPS) is 10.3. The van der Waals surface area contributed by atoms with E-state index in [1.165, 1.54) is 11.3 Å². The molecule has 9 heteroatoms. The molecule has 3 rings (SSSR count). The summed E-state index contributed by atoms with van der Waals surface area (Å²) in [4.78, 5) is 9.53. The predicted octanol–water partition coefficient (Wildman–Crippen LogP) is 5.01. The van der Waals surface area contributed by atoms with Crippen LogP contribution in [0.1, 0.15) is 4.88 Å². The summed E-state index contributed by atoms with van der Waals surface area (Å²) in [6, 6.07) is 3.67. The fourth-order valence-corrected chi connectivity index (χ4v) is 4.80. The van der Waals surface area contributed by atoms with Crippen LogP contribution in [0, 0.1) is 5.41 Å². The van der Waals surface area contributed by atoms with Crippen molar-refractivity contribution in [2.75, 3.05) is 6.26 Å². The number of thioether (sulfide) groups is 1. The number of nitrogens with one attached hydrogen (secondary N) is 1. The quantitative estimate of drug-likeness (QED) is 0.365. The molecule has 0 aliphatic heterocycles. The third kappa shape index (κ3) is 3.70. The van der Waals surface area contributed by atoms with E-state index in [-0.39, 0.29) is 18.2 Å². The largest absolute Gasteiger partial charge is 0.383 e. The van der Waals surface area contributed by atoms with Gasteiger partial charge in [0.1, 0.15) is 10.8 Å². The summed E-state index contributed by atoms with van der Waals surface area (Å²) in [5.41, 5.74) is 8.22. The summed E-state index contributed by atoms with van der Waals surface area (Å²) in [5, 5.41) is 11.1. The number of halogens is 2. The minimum atomic E-state index is 0. The maximum atomic E-state index is 7.59. The number of nitrogen functional groups attached to an aromatic ring is 1. The first-order chi connectivity index (χ1) is 10.6. The van der Waals surface area contributed by atoms with Gasteiger partial charge in [-0.1, -0.05) is 11.6 Å². The lowest BCUT2D eigenvalue weighted by Gasteiger charge is -1.98. The Balaban J connectivity index is 0.00000192. The van der Waals surface area contributed by atoms with Gasteiger partial charge >= 0.3 is 0 Å². The average molecular weight is 403 g/mol. The molecule has 23 heavy (non-hydrogen) atoms. The molecule has 3 N–H and O–H groups in total. The van der Waals surface area contributed by atoms with Crippen molar-refractivity contribution in [3.63, 3.8) is 0 Å². The van der Waals surface area contributed by atoms with Crippen LogP contribution >= 0.6 is 58.4 Å². The number of hydrogen-bond donors (Lipinski definition) is 2. The topological polar surface area (TPSA) is 75.7 Å². The molecule has 0 aromatic carbocycles. The SMILES string of the molecule is CSc1sc(C(=N)N)cc1-c1nc(-c2cnccc2Cl)cs1.Cl. The maximum absolute atomic E-state index is 7.59. The molecule has 0 fully saturated rings. The minimum Gasteiger partial charge on any atom is -0.383 e. The number of amidine groups is 1. The zero-order valence-electron chi connectivity index (χ0n) is 11.9. The van der Waals surface area contributed by atoms with Crippen LogP contribution in [0.15, 0.2) is 34.1 Å². The van der Waals surface area contributed by atoms with Crippen molar-refractivity contribution >= 4 is 64.3 Å². The van der Waals surface area contributed by atoms with E-state index < -0.39 is 0 Å². The lowest BCUT2D eigenvalue weighted by atomic mass is 10.2. The third-order valence-corrected chi connectivity index (χ3v) is 6.44. The number of hydrogen-bond acceptors (Lipinski definition) is 6. The van der Waals surface area contributed by atoms with Gasteiger partial charge in [-0.05, 0) is 18.4 Å². The molecule has 0 aliphatic carbocycles. The number of thiazole rings is 1. The van der Waals surface area contributed by atoms with Crippen LogP contribution in [0.5, 0.6) is 0 Å². The Kier molecular flexibility index (Phi) is 6.05. The number of nitrogens with two attached hydrogens (primary N) is 1. The summed E-state index contributed by atoms with van der Waals surface area (Å²) in [5.74, 6) is 0.0821. The molecule has 0 unspecified atom stereocenters. The Morgan fingerprint density at radius 1 is 1.39 bits per heavy atom. The molecular formula is C14H12Cl2N4S3. The molecule has 0 amide bonds. The first-order valence-corrected chi connectivity index (χ1v) is 9.48. The molecular weight excluding hydrogens is 391 g/mol.